The molecule has 0 bridgehead atoms. The molecule has 0 aromatic heterocycles. The fourth-order valence-electron chi connectivity index (χ4n) is 2.86. The number of nitrogens with one attached hydrogen (secondary N) is 1. The van der Waals surface area contributed by atoms with Gasteiger partial charge in [-0.15, -0.1) is 0 Å². The van der Waals surface area contributed by atoms with E-state index in [9.17, 15) is 0 Å². The van der Waals surface area contributed by atoms with Gasteiger partial charge in [-0.3, -0.25) is 0 Å². The molecule has 0 radical (unpaired) electrons. The zero-order valence-electron chi connectivity index (χ0n) is 12.0. The van der Waals surface area contributed by atoms with Gasteiger partial charge in [0.1, 0.15) is 0 Å². The van der Waals surface area contributed by atoms with Crippen molar-refractivity contribution in [1.29, 1.82) is 0 Å². The first-order valence-electron chi connectivity index (χ1n) is 7.35. The van der Waals surface area contributed by atoms with Crippen molar-refractivity contribution in [3.8, 4) is 0 Å². The smallest absolute Gasteiger partial charge is 0.173 e. The predicted molar refractivity (Wildman–Crippen MR) is 86.7 cm³/mol. The predicted octanol–water partition coefficient (Wildman–Crippen LogP) is 4.35. The molecule has 2 nitrogen and oxygen atoms in total. The highest BCUT2D eigenvalue weighted by Crippen LogP contribution is 2.23. The maximum atomic E-state index is 5.61. The zero-order chi connectivity index (χ0) is 13.7. The Kier molecular flexibility index (Phi) is 5.20. The number of para-hydroxylation sites is 1. The number of anilines is 1. The summed E-state index contributed by atoms with van der Waals surface area (Å²) >= 11 is 5.61. The monoisotopic (exact) mass is 276 g/mol. The molecule has 1 saturated carbocycles. The topological polar surface area (TPSA) is 15.3 Å². The van der Waals surface area contributed by atoms with Crippen molar-refractivity contribution in [3.05, 3.63) is 29.8 Å². The van der Waals surface area contributed by atoms with Gasteiger partial charge < -0.3 is 10.2 Å². The van der Waals surface area contributed by atoms with E-state index in [1.54, 1.807) is 0 Å². The first-order chi connectivity index (χ1) is 9.22. The maximum absolute atomic E-state index is 5.61. The summed E-state index contributed by atoms with van der Waals surface area (Å²) in [7, 11) is 0. The molecule has 1 aliphatic rings. The molecule has 1 N–H and O–H groups in total. The molecule has 0 spiro atoms. The summed E-state index contributed by atoms with van der Waals surface area (Å²) in [6.45, 7) is 5.30. The van der Waals surface area contributed by atoms with Gasteiger partial charge in [0.15, 0.2) is 5.11 Å². The second-order valence-electron chi connectivity index (χ2n) is 5.32. The van der Waals surface area contributed by atoms with Crippen LogP contribution in [0.4, 0.5) is 5.69 Å². The van der Waals surface area contributed by atoms with Crippen molar-refractivity contribution in [2.75, 3.05) is 11.9 Å². The quantitative estimate of drug-likeness (QED) is 0.826. The van der Waals surface area contributed by atoms with E-state index in [2.05, 4.69) is 48.3 Å². The Morgan fingerprint density at radius 1 is 1.26 bits per heavy atom. The molecule has 1 aromatic rings. The second-order valence-corrected chi connectivity index (χ2v) is 5.71. The van der Waals surface area contributed by atoms with E-state index < -0.39 is 0 Å². The van der Waals surface area contributed by atoms with E-state index in [1.165, 1.54) is 37.7 Å². The lowest BCUT2D eigenvalue weighted by atomic mass is 9.94. The Bertz CT molecular complexity index is 425. The van der Waals surface area contributed by atoms with Crippen LogP contribution in [0.25, 0.3) is 0 Å². The fourth-order valence-corrected chi connectivity index (χ4v) is 3.25. The highest BCUT2D eigenvalue weighted by molar-refractivity contribution is 7.80. The minimum absolute atomic E-state index is 0.628. The number of thiocarbonyl (C=S) groups is 1. The third-order valence-electron chi connectivity index (χ3n) is 4.00. The highest BCUT2D eigenvalue weighted by atomic mass is 32.1. The lowest BCUT2D eigenvalue weighted by Crippen LogP contribution is -2.43. The Morgan fingerprint density at radius 3 is 2.58 bits per heavy atom. The van der Waals surface area contributed by atoms with Crippen molar-refractivity contribution in [2.24, 2.45) is 0 Å². The average molecular weight is 276 g/mol. The van der Waals surface area contributed by atoms with Gasteiger partial charge in [0.05, 0.1) is 0 Å². The van der Waals surface area contributed by atoms with Crippen molar-refractivity contribution < 1.29 is 0 Å². The molecule has 1 fully saturated rings. The number of hydrogen-bond donors (Lipinski definition) is 1. The Balaban J connectivity index is 2.02. The van der Waals surface area contributed by atoms with Crippen LogP contribution in [0.1, 0.15) is 44.6 Å². The highest BCUT2D eigenvalue weighted by Gasteiger charge is 2.22. The maximum Gasteiger partial charge on any atom is 0.173 e. The average Bonchev–Trinajstić information content (AvgIpc) is 2.43. The lowest BCUT2D eigenvalue weighted by molar-refractivity contribution is 0.255. The van der Waals surface area contributed by atoms with E-state index in [-0.39, 0.29) is 0 Å². The molecule has 1 aliphatic carbocycles. The Labute approximate surface area is 122 Å². The van der Waals surface area contributed by atoms with Gasteiger partial charge in [-0.1, -0.05) is 37.5 Å². The summed E-state index contributed by atoms with van der Waals surface area (Å²) in [5.74, 6) is 0. The van der Waals surface area contributed by atoms with Crippen molar-refractivity contribution >= 4 is 23.0 Å². The van der Waals surface area contributed by atoms with Crippen LogP contribution in [-0.2, 0) is 0 Å². The van der Waals surface area contributed by atoms with Crippen LogP contribution in [0, 0.1) is 6.92 Å². The molecule has 3 heteroatoms. The van der Waals surface area contributed by atoms with Crippen LogP contribution < -0.4 is 5.32 Å². The first-order valence-corrected chi connectivity index (χ1v) is 7.76. The summed E-state index contributed by atoms with van der Waals surface area (Å²) < 4.78 is 0. The van der Waals surface area contributed by atoms with E-state index in [0.717, 1.165) is 17.3 Å². The third kappa shape index (κ3) is 3.69. The SMILES string of the molecule is CCN(C(=S)Nc1ccccc1C)C1CCCCC1. The van der Waals surface area contributed by atoms with E-state index >= 15 is 0 Å². The molecule has 19 heavy (non-hydrogen) atoms. The Hall–Kier alpha value is -1.09. The Morgan fingerprint density at radius 2 is 1.95 bits per heavy atom. The lowest BCUT2D eigenvalue weighted by Gasteiger charge is -2.35. The second kappa shape index (κ2) is 6.90. The molecular formula is C16H24N2S. The fraction of sp³-hybridized carbons (Fsp3) is 0.562. The summed E-state index contributed by atoms with van der Waals surface area (Å²) in [5, 5.41) is 4.29. The van der Waals surface area contributed by atoms with Crippen LogP contribution in [-0.4, -0.2) is 22.6 Å². The third-order valence-corrected chi connectivity index (χ3v) is 4.34. The molecule has 0 unspecified atom stereocenters. The summed E-state index contributed by atoms with van der Waals surface area (Å²) in [6, 6.07) is 8.94. The van der Waals surface area contributed by atoms with E-state index in [0.29, 0.717) is 6.04 Å². The molecule has 0 aliphatic heterocycles. The normalized spacial score (nSPS) is 16.1. The van der Waals surface area contributed by atoms with Gasteiger partial charge in [0.25, 0.3) is 0 Å². The van der Waals surface area contributed by atoms with Crippen LogP contribution >= 0.6 is 12.2 Å². The van der Waals surface area contributed by atoms with Gasteiger partial charge in [0, 0.05) is 18.3 Å². The minimum atomic E-state index is 0.628. The van der Waals surface area contributed by atoms with Gasteiger partial charge in [-0.25, -0.2) is 0 Å². The van der Waals surface area contributed by atoms with E-state index in [1.807, 2.05) is 0 Å². The number of benzene rings is 1. The standard InChI is InChI=1S/C16H24N2S/c1-3-18(14-10-5-4-6-11-14)16(19)17-15-12-8-7-9-13(15)2/h7-9,12,14H,3-6,10-11H2,1-2H3,(H,17,19). The first kappa shape index (κ1) is 14.3. The number of aryl methyl sites for hydroxylation is 1. The van der Waals surface area contributed by atoms with E-state index in [4.69, 9.17) is 12.2 Å². The van der Waals surface area contributed by atoms with Crippen LogP contribution in [0.5, 0.6) is 0 Å². The van der Waals surface area contributed by atoms with Crippen molar-refractivity contribution in [2.45, 2.75) is 52.0 Å². The van der Waals surface area contributed by atoms with Gasteiger partial charge >= 0.3 is 0 Å². The largest absolute Gasteiger partial charge is 0.346 e. The molecule has 2 rings (SSSR count). The zero-order valence-corrected chi connectivity index (χ0v) is 12.8. The minimum Gasteiger partial charge on any atom is -0.346 e. The number of hydrogen-bond acceptors (Lipinski definition) is 1. The molecule has 0 amide bonds. The van der Waals surface area contributed by atoms with Gasteiger partial charge in [-0.05, 0) is 50.5 Å². The molecule has 1 aromatic carbocycles. The summed E-state index contributed by atoms with van der Waals surface area (Å²) in [5.41, 5.74) is 2.37. The van der Waals surface area contributed by atoms with Crippen LogP contribution in [0.3, 0.4) is 0 Å². The number of nitrogens with zero attached hydrogens (tertiary/aromatic N) is 1. The van der Waals surface area contributed by atoms with Gasteiger partial charge in [-0.2, -0.15) is 0 Å². The summed E-state index contributed by atoms with van der Waals surface area (Å²) in [6.07, 6.45) is 6.63. The molecule has 0 saturated heterocycles. The van der Waals surface area contributed by atoms with Gasteiger partial charge in [0.2, 0.25) is 0 Å². The number of rotatable bonds is 3. The molecule has 0 heterocycles. The summed E-state index contributed by atoms with van der Waals surface area (Å²) in [4.78, 5) is 2.36. The van der Waals surface area contributed by atoms with Crippen molar-refractivity contribution in [1.82, 2.24) is 4.90 Å². The van der Waals surface area contributed by atoms with Crippen LogP contribution in [0.15, 0.2) is 24.3 Å². The van der Waals surface area contributed by atoms with Crippen LogP contribution in [0.2, 0.25) is 0 Å². The van der Waals surface area contributed by atoms with Crippen molar-refractivity contribution in [3.63, 3.8) is 0 Å². The molecule has 104 valence electrons. The molecular weight excluding hydrogens is 252 g/mol. The molecule has 0 atom stereocenters.